The Morgan fingerprint density at radius 3 is 2.22 bits per heavy atom. The van der Waals surface area contributed by atoms with Crippen molar-refractivity contribution in [1.29, 1.82) is 0 Å². The first-order valence-electron chi connectivity index (χ1n) is 12.2. The molecule has 218 valence electrons. The minimum atomic E-state index is -3.87. The first-order valence-corrected chi connectivity index (χ1v) is 14.8. The highest BCUT2D eigenvalue weighted by Gasteiger charge is 2.61. The fraction of sp³-hybridized carbons (Fsp3) is 0.320. The van der Waals surface area contributed by atoms with Gasteiger partial charge in [-0.3, -0.25) is 18.9 Å². The van der Waals surface area contributed by atoms with Crippen LogP contribution in [-0.2, 0) is 21.1 Å². The Labute approximate surface area is 236 Å². The van der Waals surface area contributed by atoms with Gasteiger partial charge in [-0.15, -0.1) is 0 Å². The normalized spacial score (nSPS) is 22.9. The van der Waals surface area contributed by atoms with Gasteiger partial charge < -0.3 is 29.7 Å². The number of nitrogens with two attached hydrogens (primary N) is 1. The van der Waals surface area contributed by atoms with Gasteiger partial charge in [-0.05, 0) is 38.1 Å². The van der Waals surface area contributed by atoms with Crippen LogP contribution in [0, 0.1) is 13.8 Å². The lowest BCUT2D eigenvalue weighted by molar-refractivity contribution is -0.191. The summed E-state index contributed by atoms with van der Waals surface area (Å²) in [4.78, 5) is 22.3. The molecule has 0 bridgehead atoms. The van der Waals surface area contributed by atoms with Gasteiger partial charge in [0, 0.05) is 11.8 Å². The average Bonchev–Trinajstić information content (AvgIpc) is 3.45. The number of nitrogens with zero attached hydrogens (tertiary/aromatic N) is 3. The molecule has 1 aliphatic rings. The van der Waals surface area contributed by atoms with Gasteiger partial charge in [-0.1, -0.05) is 35.4 Å². The molecule has 1 aliphatic heterocycles. The zero-order valence-electron chi connectivity index (χ0n) is 21.7. The van der Waals surface area contributed by atoms with Crippen molar-refractivity contribution in [2.45, 2.75) is 44.3 Å². The lowest BCUT2D eigenvalue weighted by atomic mass is 9.96. The minimum absolute atomic E-state index is 0.149. The number of imidazole rings is 1. The summed E-state index contributed by atoms with van der Waals surface area (Å²) in [5, 5.41) is 21.7. The number of fused-ring (bicyclic) bond motifs is 1. The van der Waals surface area contributed by atoms with Crippen LogP contribution in [0.5, 0.6) is 11.5 Å². The molecule has 4 aromatic rings. The Hall–Kier alpha value is -3.46. The molecular formula is C25H26F2N5O7PS. The fourth-order valence-corrected chi connectivity index (χ4v) is 6.17. The number of anilines is 1. The number of rotatable bonds is 9. The maximum Gasteiger partial charge on any atom is 0.435 e. The molecule has 0 aliphatic carbocycles. The van der Waals surface area contributed by atoms with E-state index in [0.29, 0.717) is 0 Å². The van der Waals surface area contributed by atoms with Crippen LogP contribution in [0.15, 0.2) is 59.7 Å². The van der Waals surface area contributed by atoms with Crippen molar-refractivity contribution in [3.63, 3.8) is 0 Å². The maximum absolute atomic E-state index is 14.7. The van der Waals surface area contributed by atoms with Gasteiger partial charge in [0.25, 0.3) is 12.0 Å². The van der Waals surface area contributed by atoms with Crippen LogP contribution in [0.1, 0.15) is 17.4 Å². The first-order chi connectivity index (χ1) is 19.4. The molecule has 2 aromatic carbocycles. The van der Waals surface area contributed by atoms with Crippen molar-refractivity contribution in [3.05, 3.63) is 76.3 Å². The highest BCUT2D eigenvalue weighted by molar-refractivity contribution is 8.07. The highest BCUT2D eigenvalue weighted by atomic mass is 32.5. The number of halogens is 2. The number of nitrogens with one attached hydrogen (secondary N) is 1. The predicted octanol–water partition coefficient (Wildman–Crippen LogP) is 2.97. The van der Waals surface area contributed by atoms with E-state index in [1.54, 1.807) is 48.5 Å². The number of hydrogen-bond acceptors (Lipinski definition) is 11. The van der Waals surface area contributed by atoms with E-state index < -0.39 is 49.3 Å². The number of aliphatic hydroxyl groups is 2. The molecule has 1 fully saturated rings. The second kappa shape index (κ2) is 11.1. The molecule has 0 spiro atoms. The molecule has 0 radical (unpaired) electrons. The number of hydrogen-bond donors (Lipinski definition) is 4. The van der Waals surface area contributed by atoms with E-state index in [9.17, 15) is 23.8 Å². The molecule has 3 heterocycles. The lowest BCUT2D eigenvalue weighted by Crippen LogP contribution is -2.52. The van der Waals surface area contributed by atoms with E-state index in [1.807, 2.05) is 13.8 Å². The first kappa shape index (κ1) is 29.0. The molecule has 5 rings (SSSR count). The molecule has 0 saturated carbocycles. The van der Waals surface area contributed by atoms with Crippen molar-refractivity contribution >= 4 is 35.6 Å². The second-order valence-electron chi connectivity index (χ2n) is 9.50. The maximum atomic E-state index is 14.7. The SMILES string of the molecule is Cc1ccc(OP(=S)(OC[C@@]2(C(F)F)O[C@@H](n3cnc4c(=O)[nH]c(N)nc43)[C@H](O)[C@H]2O)Oc2ccc(C)cc2)cc1. The van der Waals surface area contributed by atoms with Crippen molar-refractivity contribution in [2.75, 3.05) is 12.3 Å². The minimum Gasteiger partial charge on any atom is -0.416 e. The van der Waals surface area contributed by atoms with Gasteiger partial charge in [0.1, 0.15) is 23.7 Å². The molecule has 2 aromatic heterocycles. The average molecular weight is 610 g/mol. The van der Waals surface area contributed by atoms with Crippen LogP contribution in [0.2, 0.25) is 0 Å². The molecular weight excluding hydrogens is 583 g/mol. The lowest BCUT2D eigenvalue weighted by Gasteiger charge is -2.33. The van der Waals surface area contributed by atoms with Gasteiger partial charge >= 0.3 is 6.72 Å². The van der Waals surface area contributed by atoms with E-state index in [1.165, 1.54) is 0 Å². The molecule has 0 amide bonds. The largest absolute Gasteiger partial charge is 0.435 e. The van der Waals surface area contributed by atoms with Crippen LogP contribution in [-0.4, -0.2) is 60.6 Å². The smallest absolute Gasteiger partial charge is 0.416 e. The van der Waals surface area contributed by atoms with Crippen molar-refractivity contribution in [3.8, 4) is 11.5 Å². The second-order valence-corrected chi connectivity index (χ2v) is 12.4. The number of aromatic nitrogens is 4. The monoisotopic (exact) mass is 609 g/mol. The van der Waals surface area contributed by atoms with Gasteiger partial charge in [-0.2, -0.15) is 4.98 Å². The molecule has 41 heavy (non-hydrogen) atoms. The number of ether oxygens (including phenoxy) is 1. The summed E-state index contributed by atoms with van der Waals surface area (Å²) >= 11 is 5.59. The highest BCUT2D eigenvalue weighted by Crippen LogP contribution is 2.52. The number of aryl methyl sites for hydroxylation is 2. The van der Waals surface area contributed by atoms with E-state index in [2.05, 4.69) is 15.0 Å². The van der Waals surface area contributed by atoms with E-state index in [-0.39, 0.29) is 28.6 Å². The number of H-pyrrole nitrogens is 1. The molecule has 0 unspecified atom stereocenters. The van der Waals surface area contributed by atoms with Crippen LogP contribution >= 0.6 is 6.72 Å². The third-order valence-corrected chi connectivity index (χ3v) is 8.55. The molecule has 1 saturated heterocycles. The third kappa shape index (κ3) is 5.69. The Bertz CT molecular complexity index is 1600. The topological polar surface area (TPSA) is 167 Å². The quantitative estimate of drug-likeness (QED) is 0.206. The summed E-state index contributed by atoms with van der Waals surface area (Å²) in [5.74, 6) is 0.256. The Morgan fingerprint density at radius 2 is 1.68 bits per heavy atom. The molecule has 5 N–H and O–H groups in total. The standard InChI is InChI=1S/C25H26F2N5O7PS/c1-13-3-7-15(8-4-13)38-40(41,39-16-9-5-14(2)6-10-16)36-11-25(23(26)27)19(34)18(33)22(37-25)32-12-29-17-20(32)30-24(28)31-21(17)35/h3-10,12,18-19,22-23,33-34H,11H2,1-2H3,(H3,28,30,31,35)/t18-,19-,22-,25-/m1/s1. The summed E-state index contributed by atoms with van der Waals surface area (Å²) in [6.45, 7) is -1.16. The number of aromatic amines is 1. The van der Waals surface area contributed by atoms with Crippen LogP contribution in [0.4, 0.5) is 14.7 Å². The summed E-state index contributed by atoms with van der Waals surface area (Å²) < 4.78 is 53.5. The summed E-state index contributed by atoms with van der Waals surface area (Å²) in [6.07, 6.45) is -8.06. The molecule has 12 nitrogen and oxygen atoms in total. The summed E-state index contributed by atoms with van der Waals surface area (Å²) in [6, 6.07) is 13.5. The van der Waals surface area contributed by atoms with Gasteiger partial charge in [0.15, 0.2) is 23.0 Å². The number of aliphatic hydroxyl groups excluding tert-OH is 2. The number of alkyl halides is 2. The van der Waals surface area contributed by atoms with E-state index >= 15 is 0 Å². The van der Waals surface area contributed by atoms with E-state index in [0.717, 1.165) is 22.0 Å². The van der Waals surface area contributed by atoms with Gasteiger partial charge in [0.05, 0.1) is 12.9 Å². The number of benzene rings is 2. The van der Waals surface area contributed by atoms with Gasteiger partial charge in [0.2, 0.25) is 5.95 Å². The summed E-state index contributed by atoms with van der Waals surface area (Å²) in [5.41, 5.74) is 3.69. The van der Waals surface area contributed by atoms with Crippen LogP contribution < -0.4 is 20.3 Å². The Balaban J connectivity index is 1.46. The number of nitrogen functional groups attached to an aromatic ring is 1. The predicted molar refractivity (Wildman–Crippen MR) is 147 cm³/mol. The zero-order valence-corrected chi connectivity index (χ0v) is 23.4. The van der Waals surface area contributed by atoms with Gasteiger partial charge in [-0.25, -0.2) is 13.8 Å². The van der Waals surface area contributed by atoms with Crippen molar-refractivity contribution in [1.82, 2.24) is 19.5 Å². The third-order valence-electron chi connectivity index (χ3n) is 6.48. The van der Waals surface area contributed by atoms with Crippen molar-refractivity contribution < 1.29 is 37.3 Å². The fourth-order valence-electron chi connectivity index (χ4n) is 4.23. The summed E-state index contributed by atoms with van der Waals surface area (Å²) in [7, 11) is 0. The van der Waals surface area contributed by atoms with Crippen molar-refractivity contribution in [2.24, 2.45) is 0 Å². The van der Waals surface area contributed by atoms with E-state index in [4.69, 9.17) is 35.8 Å². The van der Waals surface area contributed by atoms with Crippen LogP contribution in [0.3, 0.4) is 0 Å². The molecule has 16 heteroatoms. The zero-order chi connectivity index (χ0) is 29.5. The molecule has 4 atom stereocenters. The van der Waals surface area contributed by atoms with Crippen LogP contribution in [0.25, 0.3) is 11.2 Å². The Morgan fingerprint density at radius 1 is 1.12 bits per heavy atom. The Kier molecular flexibility index (Phi) is 7.85.